The van der Waals surface area contributed by atoms with E-state index in [9.17, 15) is 4.79 Å². The van der Waals surface area contributed by atoms with Gasteiger partial charge in [0.05, 0.1) is 18.1 Å². The summed E-state index contributed by atoms with van der Waals surface area (Å²) in [6, 6.07) is 0. The zero-order chi connectivity index (χ0) is 7.84. The molecule has 0 aromatic rings. The lowest BCUT2D eigenvalue weighted by molar-refractivity contribution is -0.126. The fraction of sp³-hybridized carbons (Fsp3) is 0.857. The molecule has 3 N–H and O–H groups in total. The largest absolute Gasteiger partial charge is 0.374 e. The summed E-state index contributed by atoms with van der Waals surface area (Å²) >= 11 is 0. The molecule has 0 spiro atoms. The van der Waals surface area contributed by atoms with Crippen molar-refractivity contribution in [2.75, 3.05) is 0 Å². The van der Waals surface area contributed by atoms with Gasteiger partial charge in [-0.15, -0.1) is 0 Å². The van der Waals surface area contributed by atoms with Gasteiger partial charge in [0.25, 0.3) is 0 Å². The summed E-state index contributed by atoms with van der Waals surface area (Å²) in [5, 5.41) is 0. The van der Waals surface area contributed by atoms with Crippen molar-refractivity contribution in [2.45, 2.75) is 31.5 Å². The molecule has 2 rings (SSSR count). The average Bonchev–Trinajstić information content (AvgIpc) is 2.62. The van der Waals surface area contributed by atoms with Gasteiger partial charge in [0.1, 0.15) is 0 Å². The van der Waals surface area contributed by atoms with Gasteiger partial charge in [0, 0.05) is 0 Å². The average molecular weight is 156 g/mol. The molecule has 0 unspecified atom stereocenters. The number of hydrogen-bond acceptors (Lipinski definition) is 3. The molecule has 11 heavy (non-hydrogen) atoms. The van der Waals surface area contributed by atoms with E-state index in [1.54, 1.807) is 0 Å². The molecule has 0 aliphatic carbocycles. The minimum Gasteiger partial charge on any atom is -0.374 e. The standard InChI is InChI=1S/C7H12N2O2/c8-9-7(10)5-3-4-1-2-6(5)11-4/h4-6H,1-3,8H2,(H,9,10)/t4-,5+,6+/m1/s1. The second kappa shape index (κ2) is 2.46. The Morgan fingerprint density at radius 3 is 2.82 bits per heavy atom. The molecule has 2 bridgehead atoms. The first-order valence-electron chi connectivity index (χ1n) is 3.97. The van der Waals surface area contributed by atoms with Crippen molar-refractivity contribution in [2.24, 2.45) is 11.8 Å². The maximum atomic E-state index is 11.1. The van der Waals surface area contributed by atoms with Crippen LogP contribution in [0.1, 0.15) is 19.3 Å². The van der Waals surface area contributed by atoms with Crippen molar-refractivity contribution >= 4 is 5.91 Å². The molecule has 2 saturated heterocycles. The first-order chi connectivity index (χ1) is 5.31. The highest BCUT2D eigenvalue weighted by atomic mass is 16.5. The maximum absolute atomic E-state index is 11.1. The molecule has 4 heteroatoms. The smallest absolute Gasteiger partial charge is 0.239 e. The number of rotatable bonds is 1. The van der Waals surface area contributed by atoms with Crippen LogP contribution in [0, 0.1) is 5.92 Å². The summed E-state index contributed by atoms with van der Waals surface area (Å²) < 4.78 is 5.49. The second-order valence-corrected chi connectivity index (χ2v) is 3.22. The Labute approximate surface area is 65.1 Å². The van der Waals surface area contributed by atoms with E-state index in [1.807, 2.05) is 0 Å². The number of nitrogens with one attached hydrogen (secondary N) is 1. The van der Waals surface area contributed by atoms with Crippen molar-refractivity contribution < 1.29 is 9.53 Å². The number of carbonyl (C=O) groups excluding carboxylic acids is 1. The SMILES string of the molecule is NNC(=O)[C@H]1C[C@H]2CC[C@@H]1O2. The summed E-state index contributed by atoms with van der Waals surface area (Å²) in [6.07, 6.45) is 3.45. The minimum atomic E-state index is -0.0720. The molecule has 1 amide bonds. The van der Waals surface area contributed by atoms with E-state index in [0.29, 0.717) is 6.10 Å². The van der Waals surface area contributed by atoms with Crippen molar-refractivity contribution in [3.05, 3.63) is 0 Å². The molecule has 62 valence electrons. The van der Waals surface area contributed by atoms with Gasteiger partial charge < -0.3 is 4.74 Å². The summed E-state index contributed by atoms with van der Waals surface area (Å²) in [5.41, 5.74) is 2.17. The molecule has 0 saturated carbocycles. The van der Waals surface area contributed by atoms with Crippen LogP contribution < -0.4 is 11.3 Å². The van der Waals surface area contributed by atoms with E-state index in [2.05, 4.69) is 5.43 Å². The lowest BCUT2D eigenvalue weighted by Gasteiger charge is -2.15. The monoisotopic (exact) mass is 156 g/mol. The summed E-state index contributed by atoms with van der Waals surface area (Å²) in [4.78, 5) is 11.1. The van der Waals surface area contributed by atoms with Crippen molar-refractivity contribution in [3.63, 3.8) is 0 Å². The Balaban J connectivity index is 2.02. The Morgan fingerprint density at radius 2 is 2.36 bits per heavy atom. The molecule has 2 fully saturated rings. The summed E-state index contributed by atoms with van der Waals surface area (Å²) in [6.45, 7) is 0. The van der Waals surface area contributed by atoms with E-state index in [0.717, 1.165) is 19.3 Å². The van der Waals surface area contributed by atoms with Gasteiger partial charge in [-0.3, -0.25) is 10.2 Å². The molecular weight excluding hydrogens is 144 g/mol. The van der Waals surface area contributed by atoms with Gasteiger partial charge in [0.15, 0.2) is 0 Å². The first-order valence-corrected chi connectivity index (χ1v) is 3.97. The van der Waals surface area contributed by atoms with Crippen LogP contribution in [-0.4, -0.2) is 18.1 Å². The van der Waals surface area contributed by atoms with Crippen LogP contribution in [0.15, 0.2) is 0 Å². The third kappa shape index (κ3) is 1.02. The number of amides is 1. The van der Waals surface area contributed by atoms with E-state index in [4.69, 9.17) is 10.6 Å². The topological polar surface area (TPSA) is 64.3 Å². The Morgan fingerprint density at radius 1 is 1.55 bits per heavy atom. The third-order valence-corrected chi connectivity index (χ3v) is 2.59. The Hall–Kier alpha value is -0.610. The number of carbonyl (C=O) groups is 1. The number of hydrazine groups is 1. The van der Waals surface area contributed by atoms with Crippen LogP contribution in [0.2, 0.25) is 0 Å². The molecule has 2 aliphatic rings. The van der Waals surface area contributed by atoms with Crippen molar-refractivity contribution in [3.8, 4) is 0 Å². The Bertz CT molecular complexity index is 183. The normalized spacial score (nSPS) is 41.0. The quantitative estimate of drug-likeness (QED) is 0.307. The van der Waals surface area contributed by atoms with Crippen molar-refractivity contribution in [1.82, 2.24) is 5.43 Å². The van der Waals surface area contributed by atoms with E-state index in [-0.39, 0.29) is 17.9 Å². The third-order valence-electron chi connectivity index (χ3n) is 2.59. The fourth-order valence-corrected chi connectivity index (χ4v) is 2.02. The highest BCUT2D eigenvalue weighted by Gasteiger charge is 2.44. The molecule has 4 nitrogen and oxygen atoms in total. The van der Waals surface area contributed by atoms with Crippen LogP contribution in [0.4, 0.5) is 0 Å². The molecule has 3 atom stereocenters. The fourth-order valence-electron chi connectivity index (χ4n) is 2.02. The second-order valence-electron chi connectivity index (χ2n) is 3.22. The molecule has 0 aromatic heterocycles. The first kappa shape index (κ1) is 7.06. The lowest BCUT2D eigenvalue weighted by Crippen LogP contribution is -2.39. The van der Waals surface area contributed by atoms with E-state index < -0.39 is 0 Å². The highest BCUT2D eigenvalue weighted by Crippen LogP contribution is 2.38. The number of ether oxygens (including phenoxy) is 1. The van der Waals surface area contributed by atoms with Crippen molar-refractivity contribution in [1.29, 1.82) is 0 Å². The van der Waals surface area contributed by atoms with Gasteiger partial charge >= 0.3 is 0 Å². The van der Waals surface area contributed by atoms with Gasteiger partial charge in [-0.05, 0) is 19.3 Å². The molecular formula is C7H12N2O2. The molecule has 0 radical (unpaired) electrons. The lowest BCUT2D eigenvalue weighted by atomic mass is 9.89. The van der Waals surface area contributed by atoms with Gasteiger partial charge in [-0.2, -0.15) is 0 Å². The molecule has 2 heterocycles. The zero-order valence-corrected chi connectivity index (χ0v) is 6.25. The number of nitrogens with two attached hydrogens (primary N) is 1. The minimum absolute atomic E-state index is 0.0127. The molecule has 0 aromatic carbocycles. The van der Waals surface area contributed by atoms with Crippen LogP contribution in [0.25, 0.3) is 0 Å². The Kier molecular flexibility index (Phi) is 1.58. The van der Waals surface area contributed by atoms with Crippen LogP contribution in [0.3, 0.4) is 0 Å². The number of hydrogen-bond donors (Lipinski definition) is 2. The predicted octanol–water partition coefficient (Wildman–Crippen LogP) is -0.456. The summed E-state index contributed by atoms with van der Waals surface area (Å²) in [7, 11) is 0. The molecule has 2 aliphatic heterocycles. The van der Waals surface area contributed by atoms with E-state index >= 15 is 0 Å². The van der Waals surface area contributed by atoms with Crippen LogP contribution in [0.5, 0.6) is 0 Å². The van der Waals surface area contributed by atoms with Gasteiger partial charge in [-0.1, -0.05) is 0 Å². The predicted molar refractivity (Wildman–Crippen MR) is 38.3 cm³/mol. The zero-order valence-electron chi connectivity index (χ0n) is 6.25. The van der Waals surface area contributed by atoms with Crippen LogP contribution in [-0.2, 0) is 9.53 Å². The van der Waals surface area contributed by atoms with Gasteiger partial charge in [-0.25, -0.2) is 5.84 Å². The maximum Gasteiger partial charge on any atom is 0.239 e. The number of fused-ring (bicyclic) bond motifs is 2. The highest BCUT2D eigenvalue weighted by molar-refractivity contribution is 5.79. The van der Waals surface area contributed by atoms with Crippen LogP contribution >= 0.6 is 0 Å². The van der Waals surface area contributed by atoms with E-state index in [1.165, 1.54) is 0 Å². The van der Waals surface area contributed by atoms with Gasteiger partial charge in [0.2, 0.25) is 5.91 Å². The summed E-state index contributed by atoms with van der Waals surface area (Å²) in [5.74, 6) is 4.97.